The van der Waals surface area contributed by atoms with Gasteiger partial charge in [-0.1, -0.05) is 103 Å². The second kappa shape index (κ2) is 11.7. The van der Waals surface area contributed by atoms with E-state index in [-0.39, 0.29) is 5.69 Å². The van der Waals surface area contributed by atoms with Gasteiger partial charge < -0.3 is 20.2 Å². The van der Waals surface area contributed by atoms with Gasteiger partial charge in [-0.05, 0) is 47.7 Å². The lowest BCUT2D eigenvalue weighted by Gasteiger charge is -2.46. The van der Waals surface area contributed by atoms with Gasteiger partial charge in [-0.2, -0.15) is 18.3 Å². The van der Waals surface area contributed by atoms with Crippen LogP contribution in [-0.2, 0) is 24.4 Å². The third-order valence-electron chi connectivity index (χ3n) is 9.70. The van der Waals surface area contributed by atoms with Crippen LogP contribution in [0, 0.1) is 5.92 Å². The highest BCUT2D eigenvalue weighted by Crippen LogP contribution is 2.55. The standard InChI is InChI=1S/C38H34F3N3O3/c1-43-29-20-12-11-19-28(29)37(22-24-13-5-2-6-14-24,23-25-15-7-3-8-16-25)30(43)21-27-33(45)31(34(27)46)32-35(38(39,40)41)42-44(36(32)47)26-17-9-4-10-18-26/h2-21,27,31,33-34,45-47H,22-23H2,1H3. The van der Waals surface area contributed by atoms with Crippen LogP contribution in [0.5, 0.6) is 5.88 Å². The lowest BCUT2D eigenvalue weighted by Crippen LogP contribution is -2.53. The highest BCUT2D eigenvalue weighted by Gasteiger charge is 2.56. The van der Waals surface area contributed by atoms with Gasteiger partial charge in [0.15, 0.2) is 5.69 Å². The Kier molecular flexibility index (Phi) is 7.69. The molecule has 2 aliphatic rings. The Bertz CT molecular complexity index is 1860. The van der Waals surface area contributed by atoms with Gasteiger partial charge in [0.25, 0.3) is 0 Å². The van der Waals surface area contributed by atoms with E-state index in [1.165, 1.54) is 12.1 Å². The maximum atomic E-state index is 14.3. The second-order valence-corrected chi connectivity index (χ2v) is 12.5. The van der Waals surface area contributed by atoms with Gasteiger partial charge in [-0.25, -0.2) is 4.68 Å². The summed E-state index contributed by atoms with van der Waals surface area (Å²) in [7, 11) is 1.94. The maximum Gasteiger partial charge on any atom is 0.435 e. The molecule has 0 radical (unpaired) electrons. The SMILES string of the molecule is CN1C(=CC2C(O)C(c3c(C(F)(F)F)nn(-c4ccccc4)c3O)C2O)C(Cc2ccccc2)(Cc2ccccc2)c2ccccc21. The molecule has 6 nitrogen and oxygen atoms in total. The number of nitrogens with zero attached hydrogens (tertiary/aromatic N) is 3. The van der Waals surface area contributed by atoms with Crippen molar-refractivity contribution in [2.24, 2.45) is 5.92 Å². The Morgan fingerprint density at radius 3 is 1.83 bits per heavy atom. The number of aliphatic hydroxyl groups is 2. The summed E-state index contributed by atoms with van der Waals surface area (Å²) < 4.78 is 43.7. The monoisotopic (exact) mass is 637 g/mol. The van der Waals surface area contributed by atoms with Crippen LogP contribution in [0.4, 0.5) is 18.9 Å². The highest BCUT2D eigenvalue weighted by molar-refractivity contribution is 5.71. The van der Waals surface area contributed by atoms with E-state index in [0.29, 0.717) is 12.8 Å². The average Bonchev–Trinajstić information content (AvgIpc) is 3.53. The third-order valence-corrected chi connectivity index (χ3v) is 9.70. The first kappa shape index (κ1) is 30.8. The molecule has 7 rings (SSSR count). The van der Waals surface area contributed by atoms with Crippen LogP contribution < -0.4 is 4.90 Å². The van der Waals surface area contributed by atoms with E-state index < -0.39 is 52.8 Å². The van der Waals surface area contributed by atoms with Crippen molar-refractivity contribution in [2.45, 2.75) is 42.6 Å². The first-order chi connectivity index (χ1) is 22.6. The van der Waals surface area contributed by atoms with Crippen LogP contribution in [-0.4, -0.2) is 44.4 Å². The zero-order valence-corrected chi connectivity index (χ0v) is 25.6. The summed E-state index contributed by atoms with van der Waals surface area (Å²) in [6, 6.07) is 36.2. The molecule has 2 atom stereocenters. The number of alkyl halides is 3. The summed E-state index contributed by atoms with van der Waals surface area (Å²) in [5, 5.41) is 37.9. The van der Waals surface area contributed by atoms with E-state index in [1.54, 1.807) is 18.2 Å². The van der Waals surface area contributed by atoms with Crippen molar-refractivity contribution in [1.82, 2.24) is 9.78 Å². The van der Waals surface area contributed by atoms with Gasteiger partial charge in [-0.15, -0.1) is 0 Å². The van der Waals surface area contributed by atoms with E-state index >= 15 is 0 Å². The number of para-hydroxylation sites is 2. The smallest absolute Gasteiger partial charge is 0.435 e. The summed E-state index contributed by atoms with van der Waals surface area (Å²) in [4.78, 5) is 2.06. The maximum absolute atomic E-state index is 14.3. The van der Waals surface area contributed by atoms with Crippen molar-refractivity contribution in [3.05, 3.63) is 155 Å². The molecule has 4 aromatic carbocycles. The van der Waals surface area contributed by atoms with Crippen molar-refractivity contribution in [3.8, 4) is 11.6 Å². The summed E-state index contributed by atoms with van der Waals surface area (Å²) in [6.45, 7) is 0. The number of aromatic nitrogens is 2. The minimum atomic E-state index is -4.93. The van der Waals surface area contributed by atoms with Gasteiger partial charge in [0.1, 0.15) is 0 Å². The lowest BCUT2D eigenvalue weighted by atomic mass is 9.63. The van der Waals surface area contributed by atoms with E-state index in [9.17, 15) is 28.5 Å². The summed E-state index contributed by atoms with van der Waals surface area (Å²) >= 11 is 0. The normalized spacial score (nSPS) is 22.7. The first-order valence-corrected chi connectivity index (χ1v) is 15.5. The number of anilines is 1. The van der Waals surface area contributed by atoms with Gasteiger partial charge in [-0.3, -0.25) is 0 Å². The fourth-order valence-electron chi connectivity index (χ4n) is 7.50. The first-order valence-electron chi connectivity index (χ1n) is 15.5. The van der Waals surface area contributed by atoms with Crippen molar-refractivity contribution in [1.29, 1.82) is 0 Å². The van der Waals surface area contributed by atoms with Gasteiger partial charge in [0, 0.05) is 35.7 Å². The van der Waals surface area contributed by atoms with Crippen molar-refractivity contribution < 1.29 is 28.5 Å². The number of hydrogen-bond acceptors (Lipinski definition) is 5. The number of allylic oxidation sites excluding steroid dienone is 1. The van der Waals surface area contributed by atoms with Gasteiger partial charge in [0.2, 0.25) is 5.88 Å². The zero-order valence-electron chi connectivity index (χ0n) is 25.6. The number of hydrogen-bond donors (Lipinski definition) is 3. The van der Waals surface area contributed by atoms with E-state index in [0.717, 1.165) is 32.8 Å². The van der Waals surface area contributed by atoms with Crippen LogP contribution in [0.1, 0.15) is 33.9 Å². The zero-order chi connectivity index (χ0) is 32.9. The number of likely N-dealkylation sites (N-methyl/N-ethyl adjacent to an activating group) is 1. The Balaban J connectivity index is 1.33. The van der Waals surface area contributed by atoms with Crippen LogP contribution in [0.2, 0.25) is 0 Å². The topological polar surface area (TPSA) is 81.8 Å². The van der Waals surface area contributed by atoms with E-state index in [1.807, 2.05) is 67.7 Å². The molecule has 0 amide bonds. The van der Waals surface area contributed by atoms with Crippen LogP contribution >= 0.6 is 0 Å². The Morgan fingerprint density at radius 2 is 1.28 bits per heavy atom. The lowest BCUT2D eigenvalue weighted by molar-refractivity contribution is -0.145. The third kappa shape index (κ3) is 5.20. The molecule has 1 aromatic heterocycles. The largest absolute Gasteiger partial charge is 0.493 e. The van der Waals surface area contributed by atoms with E-state index in [2.05, 4.69) is 40.3 Å². The number of aliphatic hydroxyl groups excluding tert-OH is 2. The van der Waals surface area contributed by atoms with Gasteiger partial charge in [0.05, 0.1) is 23.5 Å². The fourth-order valence-corrected chi connectivity index (χ4v) is 7.50. The summed E-state index contributed by atoms with van der Waals surface area (Å²) in [5.41, 5.74) is 2.76. The predicted molar refractivity (Wildman–Crippen MR) is 173 cm³/mol. The van der Waals surface area contributed by atoms with Crippen molar-refractivity contribution in [2.75, 3.05) is 11.9 Å². The Labute approximate surface area is 270 Å². The molecule has 1 fully saturated rings. The van der Waals surface area contributed by atoms with Crippen LogP contribution in [0.25, 0.3) is 5.69 Å². The predicted octanol–water partition coefficient (Wildman–Crippen LogP) is 6.79. The Hall–Kier alpha value is -4.86. The molecule has 1 saturated carbocycles. The van der Waals surface area contributed by atoms with Crippen molar-refractivity contribution >= 4 is 5.69 Å². The number of halogens is 3. The number of rotatable bonds is 7. The molecule has 3 N–H and O–H groups in total. The quantitative estimate of drug-likeness (QED) is 0.183. The number of benzene rings is 4. The van der Waals surface area contributed by atoms with Gasteiger partial charge >= 0.3 is 6.18 Å². The molecule has 47 heavy (non-hydrogen) atoms. The van der Waals surface area contributed by atoms with Crippen LogP contribution in [0.3, 0.4) is 0 Å². The highest BCUT2D eigenvalue weighted by atomic mass is 19.4. The molecular weight excluding hydrogens is 603 g/mol. The molecule has 9 heteroatoms. The molecule has 2 heterocycles. The van der Waals surface area contributed by atoms with Crippen molar-refractivity contribution in [3.63, 3.8) is 0 Å². The average molecular weight is 638 g/mol. The summed E-state index contributed by atoms with van der Waals surface area (Å²) in [6.07, 6.45) is -4.71. The molecule has 1 aliphatic heterocycles. The minimum absolute atomic E-state index is 0.223. The van der Waals surface area contributed by atoms with Crippen LogP contribution in [0.15, 0.2) is 127 Å². The molecule has 0 bridgehead atoms. The Morgan fingerprint density at radius 1 is 0.766 bits per heavy atom. The molecule has 0 saturated heterocycles. The fraction of sp³-hybridized carbons (Fsp3) is 0.237. The second-order valence-electron chi connectivity index (χ2n) is 12.5. The minimum Gasteiger partial charge on any atom is -0.493 e. The molecule has 2 unspecified atom stereocenters. The molecular formula is C38H34F3N3O3. The number of aromatic hydroxyl groups is 1. The molecule has 5 aromatic rings. The molecule has 0 spiro atoms. The van der Waals surface area contributed by atoms with E-state index in [4.69, 9.17) is 0 Å². The molecule has 240 valence electrons. The summed E-state index contributed by atoms with van der Waals surface area (Å²) in [5.74, 6) is -3.07. The number of fused-ring (bicyclic) bond motifs is 1. The molecule has 1 aliphatic carbocycles.